The molecule has 1 aromatic heterocycles. The van der Waals surface area contributed by atoms with E-state index in [9.17, 15) is 58.7 Å². The van der Waals surface area contributed by atoms with Gasteiger partial charge in [-0.3, -0.25) is 48.5 Å². The van der Waals surface area contributed by atoms with Gasteiger partial charge in [0.15, 0.2) is 17.5 Å². The van der Waals surface area contributed by atoms with E-state index in [-0.39, 0.29) is 35.1 Å². The molecule has 4 aromatic carbocycles. The first-order valence-electron chi connectivity index (χ1n) is 29.2. The zero-order chi connectivity index (χ0) is 65.7. The molecule has 91 heavy (non-hydrogen) atoms. The van der Waals surface area contributed by atoms with Crippen molar-refractivity contribution < 1.29 is 101 Å². The number of nitrogens with one attached hydrogen (secondary N) is 2. The van der Waals surface area contributed by atoms with E-state index in [0.717, 1.165) is 26.2 Å². The highest BCUT2D eigenvalue weighted by molar-refractivity contribution is 5.98. The molecule has 1 aliphatic heterocycles. The lowest BCUT2D eigenvalue weighted by atomic mass is 9.44. The topological polar surface area (TPSA) is 356 Å². The summed E-state index contributed by atoms with van der Waals surface area (Å²) in [7, 11) is 0. The summed E-state index contributed by atoms with van der Waals surface area (Å²) in [6.07, 6.45) is -13.3. The van der Waals surface area contributed by atoms with Crippen LogP contribution in [0.2, 0.25) is 0 Å². The van der Waals surface area contributed by atoms with Crippen LogP contribution >= 0.6 is 0 Å². The normalized spacial score (nSPS) is 25.5. The largest absolute Gasteiger partial charge is 0.481 e. The lowest BCUT2D eigenvalue weighted by Gasteiger charge is -2.67. The van der Waals surface area contributed by atoms with Gasteiger partial charge in [-0.2, -0.15) is 0 Å². The maximum Gasteiger partial charge on any atom is 0.433 e. The minimum absolute atomic E-state index is 0.0172. The van der Waals surface area contributed by atoms with Crippen molar-refractivity contribution in [2.45, 2.75) is 140 Å². The average Bonchev–Trinajstić information content (AvgIpc) is 0.800. The summed E-state index contributed by atoms with van der Waals surface area (Å²) in [5, 5.41) is 40.6. The first-order valence-corrected chi connectivity index (χ1v) is 29.2. The minimum atomic E-state index is -2.66. The highest BCUT2D eigenvalue weighted by Gasteiger charge is 2.79. The van der Waals surface area contributed by atoms with Crippen LogP contribution in [0.1, 0.15) is 111 Å². The lowest BCUT2D eigenvalue weighted by molar-refractivity contribution is -0.402. The van der Waals surface area contributed by atoms with E-state index in [2.05, 4.69) is 10.6 Å². The Labute approximate surface area is 520 Å². The van der Waals surface area contributed by atoms with Gasteiger partial charge in [0, 0.05) is 38.5 Å². The van der Waals surface area contributed by atoms with Crippen molar-refractivity contribution in [3.63, 3.8) is 0 Å². The summed E-state index contributed by atoms with van der Waals surface area (Å²) in [5.41, 5.74) is -8.43. The van der Waals surface area contributed by atoms with E-state index < -0.39 is 185 Å². The summed E-state index contributed by atoms with van der Waals surface area (Å²) in [5.74, 6) is -13.5. The molecule has 2 saturated carbocycles. The standard InChI is InChI=1S/C66H67N3O22/c1-36-45(87-62(80)55(89-51(75)30-40-21-13-8-14-22-40)53(41-23-15-9-16-24-41)68-60(78)44(27-28-49(72)73)67-59(77)43-31-48(69(82)83)84-34-43)33-66(81)58(90-61(79)42-25-17-10-18-26-42)56-64(6,57(76)54(86-37(2)70)52(36)63(66,4)5)46(32-47-65(56,35-85-47)91-38(3)71)88-50(74)29-39-19-11-7-12-20-39/h7-26,31,34,44-47,53-56,58,81H,27-30,32-33,35H2,1-6H3,(H,67,77)(H,68,78)(H,72,73)/t44-,45+,46+,47-,53+,54-,55-,56+,58+,64-,65+,66-/m1/s1. The van der Waals surface area contributed by atoms with E-state index in [1.807, 2.05) is 0 Å². The number of carbonyl (C=O) groups excluding carboxylic acids is 9. The van der Waals surface area contributed by atoms with Crippen molar-refractivity contribution in [3.8, 4) is 0 Å². The van der Waals surface area contributed by atoms with E-state index in [1.54, 1.807) is 84.9 Å². The minimum Gasteiger partial charge on any atom is -0.481 e. The van der Waals surface area contributed by atoms with Gasteiger partial charge in [-0.05, 0) is 60.2 Å². The number of furan rings is 1. The van der Waals surface area contributed by atoms with Crippen LogP contribution in [0.3, 0.4) is 0 Å². The van der Waals surface area contributed by atoms with E-state index in [0.29, 0.717) is 11.1 Å². The lowest BCUT2D eigenvalue weighted by Crippen LogP contribution is -2.82. The number of hydrogen-bond acceptors (Lipinski definition) is 21. The molecule has 25 nitrogen and oxygen atoms in total. The van der Waals surface area contributed by atoms with Crippen molar-refractivity contribution in [1.82, 2.24) is 10.6 Å². The molecule has 3 aliphatic carbocycles. The van der Waals surface area contributed by atoms with Crippen LogP contribution in [0.5, 0.6) is 0 Å². The highest BCUT2D eigenvalue weighted by Crippen LogP contribution is 2.65. The maximum atomic E-state index is 16.6. The number of nitro groups is 1. The van der Waals surface area contributed by atoms with Gasteiger partial charge in [0.2, 0.25) is 12.0 Å². The van der Waals surface area contributed by atoms with Gasteiger partial charge in [-0.15, -0.1) is 0 Å². The predicted molar refractivity (Wildman–Crippen MR) is 313 cm³/mol. The molecule has 1 saturated heterocycles. The first kappa shape index (κ1) is 65.6. The number of carboxylic acid groups (broad SMARTS) is 1. The number of aliphatic carboxylic acids is 1. The van der Waals surface area contributed by atoms with Crippen molar-refractivity contribution in [2.24, 2.45) is 16.7 Å². The second-order valence-corrected chi connectivity index (χ2v) is 23.7. The fourth-order valence-electron chi connectivity index (χ4n) is 13.1. The number of hydrogen-bond donors (Lipinski definition) is 4. The Morgan fingerprint density at radius 1 is 0.758 bits per heavy atom. The van der Waals surface area contributed by atoms with Crippen LogP contribution in [-0.4, -0.2) is 135 Å². The monoisotopic (exact) mass is 1250 g/mol. The second-order valence-electron chi connectivity index (χ2n) is 23.7. The van der Waals surface area contributed by atoms with Gasteiger partial charge in [0.25, 0.3) is 5.91 Å². The SMILES string of the molecule is CC(=O)O[C@H]1C(=O)[C@]2(C)[C@@H](OC(=O)Cc3ccccc3)C[C@H]3OC[C@@]3(OC(C)=O)[C@H]2[C@H](OC(=O)c2ccccc2)[C@]2(O)C[C@H](OC(=O)[C@H](OC(=O)Cc3ccccc3)[C@@H](NC(=O)[C@@H](CCC(=O)O)NC(=O)c3coc([N+](=O)[O-])c3)c3ccccc3)C(C)=C1C2(C)C. The van der Waals surface area contributed by atoms with Gasteiger partial charge >= 0.3 is 47.7 Å². The number of amides is 2. The summed E-state index contributed by atoms with van der Waals surface area (Å²) < 4.78 is 48.9. The fourth-order valence-corrected chi connectivity index (χ4v) is 13.1. The zero-order valence-electron chi connectivity index (χ0n) is 50.4. The molecule has 2 heterocycles. The number of ether oxygens (including phenoxy) is 7. The Morgan fingerprint density at radius 2 is 1.35 bits per heavy atom. The molecular weight excluding hydrogens is 1190 g/mol. The molecular formula is C66H67N3O22. The van der Waals surface area contributed by atoms with Crippen LogP contribution < -0.4 is 10.6 Å². The molecule has 0 radical (unpaired) electrons. The third-order valence-corrected chi connectivity index (χ3v) is 17.6. The molecule has 478 valence electrons. The van der Waals surface area contributed by atoms with Gasteiger partial charge < -0.3 is 58.4 Å². The Balaban J connectivity index is 1.20. The number of ketones is 1. The van der Waals surface area contributed by atoms with E-state index >= 15 is 9.59 Å². The van der Waals surface area contributed by atoms with Crippen molar-refractivity contribution in [2.75, 3.05) is 6.61 Å². The van der Waals surface area contributed by atoms with Crippen molar-refractivity contribution in [1.29, 1.82) is 0 Å². The number of Topliss-reactive ketones (excluding diaryl/α,β-unsaturated/α-hetero) is 1. The molecule has 25 heteroatoms. The third kappa shape index (κ3) is 13.4. The number of aliphatic hydroxyl groups is 1. The zero-order valence-corrected chi connectivity index (χ0v) is 50.4. The smallest absolute Gasteiger partial charge is 0.433 e. The molecule has 0 spiro atoms. The Bertz CT molecular complexity index is 3670. The first-order chi connectivity index (χ1) is 43.2. The van der Waals surface area contributed by atoms with Crippen molar-refractivity contribution in [3.05, 3.63) is 183 Å². The molecule has 9 rings (SSSR count). The van der Waals surface area contributed by atoms with Crippen molar-refractivity contribution >= 4 is 65.3 Å². The number of nitrogens with zero attached hydrogens (tertiary/aromatic N) is 1. The van der Waals surface area contributed by atoms with Gasteiger partial charge in [0.05, 0.1) is 48.0 Å². The van der Waals surface area contributed by atoms with E-state index in [4.69, 9.17) is 37.6 Å². The van der Waals surface area contributed by atoms with Gasteiger partial charge in [0.1, 0.15) is 53.3 Å². The number of carboxylic acids is 1. The van der Waals surface area contributed by atoms with E-state index in [1.165, 1.54) is 64.1 Å². The van der Waals surface area contributed by atoms with Crippen LogP contribution in [-0.2, 0) is 84.4 Å². The number of fused-ring (bicyclic) bond motifs is 5. The van der Waals surface area contributed by atoms with Gasteiger partial charge in [-0.25, -0.2) is 9.59 Å². The summed E-state index contributed by atoms with van der Waals surface area (Å²) >= 11 is 0. The predicted octanol–water partition coefficient (Wildman–Crippen LogP) is 6.17. The molecule has 3 fully saturated rings. The highest BCUT2D eigenvalue weighted by atomic mass is 16.7. The maximum absolute atomic E-state index is 16.6. The molecule has 2 amide bonds. The van der Waals surface area contributed by atoms with Crippen LogP contribution in [0, 0.1) is 26.9 Å². The second kappa shape index (κ2) is 26.7. The van der Waals surface area contributed by atoms with Gasteiger partial charge in [-0.1, -0.05) is 123 Å². The Morgan fingerprint density at radius 3 is 1.90 bits per heavy atom. The Hall–Kier alpha value is -9.88. The molecule has 4 N–H and O–H groups in total. The number of esters is 6. The molecule has 2 bridgehead atoms. The summed E-state index contributed by atoms with van der Waals surface area (Å²) in [6.45, 7) is 7.44. The summed E-state index contributed by atoms with van der Waals surface area (Å²) in [6, 6.07) is 28.9. The summed E-state index contributed by atoms with van der Waals surface area (Å²) in [4.78, 5) is 154. The molecule has 5 aromatic rings. The quantitative estimate of drug-likeness (QED) is 0.0198. The third-order valence-electron chi connectivity index (χ3n) is 17.6. The number of benzene rings is 4. The number of carbonyl (C=O) groups is 10. The van der Waals surface area contributed by atoms with Crippen LogP contribution in [0.25, 0.3) is 0 Å². The van der Waals surface area contributed by atoms with Crippen LogP contribution in [0.15, 0.2) is 149 Å². The van der Waals surface area contributed by atoms with Crippen LogP contribution in [0.4, 0.5) is 5.88 Å². The fraction of sp³-hybridized carbons (Fsp3) is 0.394. The number of rotatable bonds is 22. The molecule has 0 unspecified atom stereocenters. The molecule has 4 aliphatic rings. The Kier molecular flexibility index (Phi) is 19.2. The average molecular weight is 1250 g/mol. The molecule has 12 atom stereocenters.